The molecule has 4 nitrogen and oxygen atoms in total. The molecule has 1 N–H and O–H groups in total. The van der Waals surface area contributed by atoms with Gasteiger partial charge in [0.05, 0.1) is 12.0 Å². The molecule has 0 fully saturated rings. The third-order valence-corrected chi connectivity index (χ3v) is 2.84. The molecule has 0 atom stereocenters. The van der Waals surface area contributed by atoms with E-state index >= 15 is 0 Å². The van der Waals surface area contributed by atoms with Crippen molar-refractivity contribution >= 4 is 11.6 Å². The van der Waals surface area contributed by atoms with E-state index in [-0.39, 0.29) is 5.56 Å². The van der Waals surface area contributed by atoms with Gasteiger partial charge in [-0.15, -0.1) is 0 Å². The van der Waals surface area contributed by atoms with Crippen LogP contribution >= 0.6 is 11.6 Å². The minimum Gasteiger partial charge on any atom is -0.463 e. The molecule has 0 spiro atoms. The molecule has 0 bridgehead atoms. The zero-order valence-corrected chi connectivity index (χ0v) is 10.0. The van der Waals surface area contributed by atoms with E-state index in [2.05, 4.69) is 5.10 Å². The van der Waals surface area contributed by atoms with Crippen LogP contribution in [0.5, 0.6) is 0 Å². The standard InChI is InChI=1S/C13H9ClN2O2/c14-9-3-5-10(6-4-9)16-13(17)8-11(15-16)12-2-1-7-18-12/h1-8,15H. The van der Waals surface area contributed by atoms with Crippen LogP contribution in [0.25, 0.3) is 17.1 Å². The van der Waals surface area contributed by atoms with Gasteiger partial charge in [0.15, 0.2) is 5.76 Å². The number of hydrogen-bond acceptors (Lipinski definition) is 2. The van der Waals surface area contributed by atoms with Crippen molar-refractivity contribution < 1.29 is 4.42 Å². The molecular weight excluding hydrogens is 252 g/mol. The Bertz CT molecular complexity index is 708. The first-order valence-electron chi connectivity index (χ1n) is 5.36. The molecule has 1 aromatic carbocycles. The Morgan fingerprint density at radius 1 is 1.17 bits per heavy atom. The Morgan fingerprint density at radius 3 is 2.61 bits per heavy atom. The fourth-order valence-corrected chi connectivity index (χ4v) is 1.86. The number of aromatic amines is 1. The Morgan fingerprint density at radius 2 is 1.94 bits per heavy atom. The summed E-state index contributed by atoms with van der Waals surface area (Å²) in [7, 11) is 0. The second-order valence-electron chi connectivity index (χ2n) is 3.80. The first kappa shape index (κ1) is 10.9. The Kier molecular flexibility index (Phi) is 2.57. The summed E-state index contributed by atoms with van der Waals surface area (Å²) in [4.78, 5) is 11.9. The van der Waals surface area contributed by atoms with Crippen molar-refractivity contribution in [2.45, 2.75) is 0 Å². The summed E-state index contributed by atoms with van der Waals surface area (Å²) in [5.41, 5.74) is 1.21. The highest BCUT2D eigenvalue weighted by Gasteiger charge is 2.08. The molecule has 3 aromatic rings. The summed E-state index contributed by atoms with van der Waals surface area (Å²) in [6.45, 7) is 0. The van der Waals surface area contributed by atoms with Crippen LogP contribution in [0.4, 0.5) is 0 Å². The summed E-state index contributed by atoms with van der Waals surface area (Å²) in [5.74, 6) is 0.625. The molecule has 0 amide bonds. The van der Waals surface area contributed by atoms with Crippen LogP contribution in [0, 0.1) is 0 Å². The highest BCUT2D eigenvalue weighted by atomic mass is 35.5. The maximum atomic E-state index is 11.9. The van der Waals surface area contributed by atoms with Crippen molar-refractivity contribution in [3.05, 3.63) is 64.1 Å². The second kappa shape index (κ2) is 4.23. The average Bonchev–Trinajstić information content (AvgIpc) is 2.99. The molecule has 2 heterocycles. The van der Waals surface area contributed by atoms with Crippen LogP contribution < -0.4 is 5.56 Å². The zero-order valence-electron chi connectivity index (χ0n) is 9.26. The van der Waals surface area contributed by atoms with E-state index in [0.717, 1.165) is 5.69 Å². The van der Waals surface area contributed by atoms with Crippen LogP contribution in [0.1, 0.15) is 0 Å². The molecule has 5 heteroatoms. The molecule has 18 heavy (non-hydrogen) atoms. The maximum absolute atomic E-state index is 11.9. The molecule has 0 aliphatic rings. The number of halogens is 1. The van der Waals surface area contributed by atoms with Crippen molar-refractivity contribution in [2.75, 3.05) is 0 Å². The predicted molar refractivity (Wildman–Crippen MR) is 69.1 cm³/mol. The van der Waals surface area contributed by atoms with Gasteiger partial charge in [0, 0.05) is 11.1 Å². The molecule has 0 unspecified atom stereocenters. The lowest BCUT2D eigenvalue weighted by molar-refractivity contribution is 0.579. The molecule has 0 saturated heterocycles. The highest BCUT2D eigenvalue weighted by molar-refractivity contribution is 6.30. The number of rotatable bonds is 2. The maximum Gasteiger partial charge on any atom is 0.271 e. The number of H-pyrrole nitrogens is 1. The topological polar surface area (TPSA) is 50.9 Å². The molecular formula is C13H9ClN2O2. The lowest BCUT2D eigenvalue weighted by Crippen LogP contribution is -2.13. The molecule has 3 rings (SSSR count). The first-order valence-corrected chi connectivity index (χ1v) is 5.74. The number of furan rings is 1. The van der Waals surface area contributed by atoms with Gasteiger partial charge in [-0.05, 0) is 36.4 Å². The number of hydrogen-bond donors (Lipinski definition) is 1. The van der Waals surface area contributed by atoms with Gasteiger partial charge in [-0.3, -0.25) is 9.89 Å². The van der Waals surface area contributed by atoms with Gasteiger partial charge in [0.1, 0.15) is 5.69 Å². The molecule has 0 aliphatic carbocycles. The van der Waals surface area contributed by atoms with Gasteiger partial charge in [0.2, 0.25) is 0 Å². The van der Waals surface area contributed by atoms with E-state index in [4.69, 9.17) is 16.0 Å². The van der Waals surface area contributed by atoms with Crippen LogP contribution in [-0.2, 0) is 0 Å². The van der Waals surface area contributed by atoms with E-state index in [0.29, 0.717) is 16.5 Å². The van der Waals surface area contributed by atoms with Crippen molar-refractivity contribution in [1.29, 1.82) is 0 Å². The fraction of sp³-hybridized carbons (Fsp3) is 0. The van der Waals surface area contributed by atoms with Crippen molar-refractivity contribution in [2.24, 2.45) is 0 Å². The largest absolute Gasteiger partial charge is 0.463 e. The summed E-state index contributed by atoms with van der Waals surface area (Å²) >= 11 is 5.81. The molecule has 0 radical (unpaired) electrons. The van der Waals surface area contributed by atoms with Gasteiger partial charge in [0.25, 0.3) is 5.56 Å². The van der Waals surface area contributed by atoms with Gasteiger partial charge in [-0.1, -0.05) is 11.6 Å². The van der Waals surface area contributed by atoms with Crippen LogP contribution in [0.3, 0.4) is 0 Å². The smallest absolute Gasteiger partial charge is 0.271 e. The fourth-order valence-electron chi connectivity index (χ4n) is 1.74. The van der Waals surface area contributed by atoms with E-state index in [1.54, 1.807) is 42.7 Å². The molecule has 0 aliphatic heterocycles. The normalized spacial score (nSPS) is 10.7. The lowest BCUT2D eigenvalue weighted by atomic mass is 10.3. The second-order valence-corrected chi connectivity index (χ2v) is 4.23. The SMILES string of the molecule is O=c1cc(-c2ccco2)[nH]n1-c1ccc(Cl)cc1. The molecule has 0 saturated carbocycles. The van der Waals surface area contributed by atoms with E-state index in [1.165, 1.54) is 10.7 Å². The number of nitrogens with zero attached hydrogens (tertiary/aromatic N) is 1. The minimum atomic E-state index is -0.149. The third-order valence-electron chi connectivity index (χ3n) is 2.59. The van der Waals surface area contributed by atoms with Gasteiger partial charge < -0.3 is 4.42 Å². The molecule has 90 valence electrons. The first-order chi connectivity index (χ1) is 8.74. The Labute approximate surface area is 107 Å². The van der Waals surface area contributed by atoms with Gasteiger partial charge in [-0.2, -0.15) is 0 Å². The van der Waals surface area contributed by atoms with Gasteiger partial charge in [-0.25, -0.2) is 4.68 Å². The lowest BCUT2D eigenvalue weighted by Gasteiger charge is -2.01. The molecule has 2 aromatic heterocycles. The summed E-state index contributed by atoms with van der Waals surface area (Å²) in [6, 6.07) is 12.1. The summed E-state index contributed by atoms with van der Waals surface area (Å²) < 4.78 is 6.68. The Balaban J connectivity index is 2.09. The van der Waals surface area contributed by atoms with E-state index in [9.17, 15) is 4.79 Å². The van der Waals surface area contributed by atoms with Crippen LogP contribution in [-0.4, -0.2) is 9.78 Å². The summed E-state index contributed by atoms with van der Waals surface area (Å²) in [5, 5.41) is 3.62. The minimum absolute atomic E-state index is 0.149. The van der Waals surface area contributed by atoms with Crippen molar-refractivity contribution in [3.8, 4) is 17.1 Å². The Hall–Kier alpha value is -2.20. The highest BCUT2D eigenvalue weighted by Crippen LogP contribution is 2.17. The average molecular weight is 261 g/mol. The van der Waals surface area contributed by atoms with E-state index < -0.39 is 0 Å². The predicted octanol–water partition coefficient (Wildman–Crippen LogP) is 3.08. The van der Waals surface area contributed by atoms with Crippen LogP contribution in [0.2, 0.25) is 5.02 Å². The number of benzene rings is 1. The monoisotopic (exact) mass is 260 g/mol. The summed E-state index contributed by atoms with van der Waals surface area (Å²) in [6.07, 6.45) is 1.56. The van der Waals surface area contributed by atoms with Crippen LogP contribution in [0.15, 0.2) is 57.9 Å². The quantitative estimate of drug-likeness (QED) is 0.770. The van der Waals surface area contributed by atoms with Crippen molar-refractivity contribution in [3.63, 3.8) is 0 Å². The van der Waals surface area contributed by atoms with Gasteiger partial charge >= 0.3 is 0 Å². The van der Waals surface area contributed by atoms with Crippen molar-refractivity contribution in [1.82, 2.24) is 9.78 Å². The third kappa shape index (κ3) is 1.87. The van der Waals surface area contributed by atoms with E-state index in [1.807, 2.05) is 0 Å². The number of nitrogens with one attached hydrogen (secondary N) is 1. The zero-order chi connectivity index (χ0) is 12.5. The number of aromatic nitrogens is 2.